The van der Waals surface area contributed by atoms with Crippen LogP contribution in [0.5, 0.6) is 0 Å². The summed E-state index contributed by atoms with van der Waals surface area (Å²) in [5.74, 6) is 0.214. The van der Waals surface area contributed by atoms with E-state index in [-0.39, 0.29) is 23.5 Å². The van der Waals surface area contributed by atoms with Crippen molar-refractivity contribution in [3.63, 3.8) is 0 Å². The van der Waals surface area contributed by atoms with Gasteiger partial charge in [-0.05, 0) is 39.8 Å². The van der Waals surface area contributed by atoms with E-state index in [2.05, 4.69) is 10.2 Å². The molecular weight excluding hydrogens is 292 g/mol. The molecule has 1 rings (SSSR count). The number of sulfone groups is 1. The first-order chi connectivity index (χ1) is 9.74. The summed E-state index contributed by atoms with van der Waals surface area (Å²) in [5, 5.41) is 3.18. The van der Waals surface area contributed by atoms with Gasteiger partial charge in [-0.1, -0.05) is 6.92 Å². The maximum absolute atomic E-state index is 11.9. The fourth-order valence-corrected chi connectivity index (χ4v) is 4.50. The van der Waals surface area contributed by atoms with Gasteiger partial charge in [0.25, 0.3) is 0 Å². The first-order valence-electron chi connectivity index (χ1n) is 7.52. The number of carbonyl (C=O) groups is 1. The van der Waals surface area contributed by atoms with Crippen LogP contribution in [-0.2, 0) is 19.4 Å². The first kappa shape index (κ1) is 18.4. The maximum atomic E-state index is 11.9. The molecule has 1 heterocycles. The minimum atomic E-state index is -2.87. The van der Waals surface area contributed by atoms with E-state index in [1.807, 2.05) is 20.8 Å². The van der Waals surface area contributed by atoms with Gasteiger partial charge in [0.1, 0.15) is 5.54 Å². The van der Waals surface area contributed by atoms with Crippen LogP contribution in [0.25, 0.3) is 0 Å². The molecular formula is C14H28N2O4S. The molecule has 1 aliphatic rings. The molecule has 7 heteroatoms. The van der Waals surface area contributed by atoms with Crippen molar-refractivity contribution < 1.29 is 17.9 Å². The van der Waals surface area contributed by atoms with Gasteiger partial charge >= 0.3 is 5.97 Å². The summed E-state index contributed by atoms with van der Waals surface area (Å²) in [5.41, 5.74) is -0.672. The van der Waals surface area contributed by atoms with Crippen LogP contribution in [0.1, 0.15) is 33.6 Å². The topological polar surface area (TPSA) is 75.7 Å². The Morgan fingerprint density at radius 3 is 2.67 bits per heavy atom. The molecule has 0 aliphatic carbocycles. The normalized spacial score (nSPS) is 25.2. The van der Waals surface area contributed by atoms with Crippen LogP contribution in [0.3, 0.4) is 0 Å². The van der Waals surface area contributed by atoms with Gasteiger partial charge in [-0.2, -0.15) is 0 Å². The second kappa shape index (κ2) is 7.56. The highest BCUT2D eigenvalue weighted by molar-refractivity contribution is 7.91. The molecule has 0 aromatic rings. The highest BCUT2D eigenvalue weighted by Gasteiger charge is 2.34. The van der Waals surface area contributed by atoms with Crippen molar-refractivity contribution in [1.29, 1.82) is 0 Å². The molecule has 0 radical (unpaired) electrons. The lowest BCUT2D eigenvalue weighted by Crippen LogP contribution is -2.51. The lowest BCUT2D eigenvalue weighted by atomic mass is 9.95. The second-order valence-electron chi connectivity index (χ2n) is 5.96. The number of nitrogens with one attached hydrogen (secondary N) is 1. The molecule has 0 aromatic heterocycles. The number of nitrogens with zero attached hydrogens (tertiary/aromatic N) is 1. The zero-order valence-corrected chi connectivity index (χ0v) is 14.3. The van der Waals surface area contributed by atoms with E-state index in [0.29, 0.717) is 19.5 Å². The van der Waals surface area contributed by atoms with E-state index in [1.165, 1.54) is 7.11 Å². The number of methoxy groups -OCH3 is 1. The lowest BCUT2D eigenvalue weighted by Gasteiger charge is -2.34. The zero-order chi connectivity index (χ0) is 16.1. The fourth-order valence-electron chi connectivity index (χ4n) is 2.88. The summed E-state index contributed by atoms with van der Waals surface area (Å²) in [7, 11) is -1.47. The Balaban J connectivity index is 2.49. The predicted molar refractivity (Wildman–Crippen MR) is 83.0 cm³/mol. The number of carbonyl (C=O) groups excluding carboxylic acids is 1. The Bertz CT molecular complexity index is 452. The molecule has 2 atom stereocenters. The Morgan fingerprint density at radius 1 is 1.48 bits per heavy atom. The van der Waals surface area contributed by atoms with E-state index < -0.39 is 15.4 Å². The highest BCUT2D eigenvalue weighted by Crippen LogP contribution is 2.17. The molecule has 1 N–H and O–H groups in total. The van der Waals surface area contributed by atoms with Gasteiger partial charge in [-0.15, -0.1) is 0 Å². The third-order valence-corrected chi connectivity index (χ3v) is 5.93. The van der Waals surface area contributed by atoms with Gasteiger partial charge < -0.3 is 10.1 Å². The number of ether oxygens (including phenoxy) is 1. The summed E-state index contributed by atoms with van der Waals surface area (Å²) in [6.07, 6.45) is 1.49. The van der Waals surface area contributed by atoms with Gasteiger partial charge in [0.05, 0.1) is 18.6 Å². The summed E-state index contributed by atoms with van der Waals surface area (Å²) in [4.78, 5) is 14.1. The van der Waals surface area contributed by atoms with Crippen LogP contribution in [-0.4, -0.2) is 69.1 Å². The quantitative estimate of drug-likeness (QED) is 0.686. The molecule has 6 nitrogen and oxygen atoms in total. The number of rotatable bonds is 7. The number of hydrogen-bond donors (Lipinski definition) is 1. The van der Waals surface area contributed by atoms with E-state index in [1.54, 1.807) is 0 Å². The van der Waals surface area contributed by atoms with Crippen molar-refractivity contribution in [2.45, 2.75) is 45.2 Å². The average Bonchev–Trinajstić information content (AvgIpc) is 2.40. The summed E-state index contributed by atoms with van der Waals surface area (Å²) >= 11 is 0. The van der Waals surface area contributed by atoms with Gasteiger partial charge in [-0.3, -0.25) is 9.69 Å². The van der Waals surface area contributed by atoms with Crippen molar-refractivity contribution in [3.8, 4) is 0 Å². The van der Waals surface area contributed by atoms with Gasteiger partial charge in [0.2, 0.25) is 0 Å². The minimum absolute atomic E-state index is 0.0484. The van der Waals surface area contributed by atoms with Crippen molar-refractivity contribution in [1.82, 2.24) is 10.2 Å². The third kappa shape index (κ3) is 5.23. The summed E-state index contributed by atoms with van der Waals surface area (Å²) in [6, 6.07) is 0.0484. The molecule has 0 bridgehead atoms. The lowest BCUT2D eigenvalue weighted by molar-refractivity contribution is -0.148. The Kier molecular flexibility index (Phi) is 6.62. The summed E-state index contributed by atoms with van der Waals surface area (Å²) < 4.78 is 28.0. The van der Waals surface area contributed by atoms with Crippen LogP contribution in [0.2, 0.25) is 0 Å². The molecule has 21 heavy (non-hydrogen) atoms. The largest absolute Gasteiger partial charge is 0.468 e. The first-order valence-corrected chi connectivity index (χ1v) is 9.34. The molecule has 1 fully saturated rings. The zero-order valence-electron chi connectivity index (χ0n) is 13.5. The SMILES string of the molecule is CCNC(C)(CCCN1CCS(=O)(=O)CC1C)C(=O)OC. The fraction of sp³-hybridized carbons (Fsp3) is 0.929. The van der Waals surface area contributed by atoms with Crippen molar-refractivity contribution in [2.75, 3.05) is 38.2 Å². The van der Waals surface area contributed by atoms with Crippen molar-refractivity contribution >= 4 is 15.8 Å². The Hall–Kier alpha value is -0.660. The molecule has 124 valence electrons. The van der Waals surface area contributed by atoms with Crippen molar-refractivity contribution in [2.24, 2.45) is 0 Å². The van der Waals surface area contributed by atoms with Crippen LogP contribution >= 0.6 is 0 Å². The Labute approximate surface area is 128 Å². The van der Waals surface area contributed by atoms with Crippen LogP contribution in [0.15, 0.2) is 0 Å². The summed E-state index contributed by atoms with van der Waals surface area (Å²) in [6.45, 7) is 7.84. The molecule has 0 amide bonds. The molecule has 0 saturated carbocycles. The molecule has 2 unspecified atom stereocenters. The smallest absolute Gasteiger partial charge is 0.325 e. The predicted octanol–water partition coefficient (Wildman–Crippen LogP) is 0.427. The van der Waals surface area contributed by atoms with Crippen molar-refractivity contribution in [3.05, 3.63) is 0 Å². The van der Waals surface area contributed by atoms with E-state index in [4.69, 9.17) is 4.74 Å². The highest BCUT2D eigenvalue weighted by atomic mass is 32.2. The van der Waals surface area contributed by atoms with Gasteiger partial charge in [-0.25, -0.2) is 8.42 Å². The van der Waals surface area contributed by atoms with Gasteiger partial charge in [0, 0.05) is 12.6 Å². The average molecular weight is 320 g/mol. The van der Waals surface area contributed by atoms with E-state index in [0.717, 1.165) is 13.0 Å². The van der Waals surface area contributed by atoms with E-state index in [9.17, 15) is 13.2 Å². The number of likely N-dealkylation sites (N-methyl/N-ethyl adjacent to an activating group) is 1. The standard InChI is InChI=1S/C14H28N2O4S/c1-5-15-14(3,13(17)20-4)7-6-8-16-9-10-21(18,19)11-12(16)2/h12,15H,5-11H2,1-4H3. The van der Waals surface area contributed by atoms with Crippen LogP contribution in [0, 0.1) is 0 Å². The van der Waals surface area contributed by atoms with Crippen LogP contribution in [0.4, 0.5) is 0 Å². The molecule has 1 aliphatic heterocycles. The maximum Gasteiger partial charge on any atom is 0.325 e. The molecule has 0 aromatic carbocycles. The number of esters is 1. The van der Waals surface area contributed by atoms with Crippen LogP contribution < -0.4 is 5.32 Å². The Morgan fingerprint density at radius 2 is 2.14 bits per heavy atom. The molecule has 0 spiro atoms. The van der Waals surface area contributed by atoms with Gasteiger partial charge in [0.15, 0.2) is 9.84 Å². The third-order valence-electron chi connectivity index (χ3n) is 4.13. The van der Waals surface area contributed by atoms with E-state index >= 15 is 0 Å². The molecule has 1 saturated heterocycles. The monoisotopic (exact) mass is 320 g/mol. The second-order valence-corrected chi connectivity index (χ2v) is 8.19. The minimum Gasteiger partial charge on any atom is -0.468 e. The number of hydrogen-bond acceptors (Lipinski definition) is 6.